The minimum atomic E-state index is -0.704. The first-order valence-electron chi connectivity index (χ1n) is 7.07. The molecule has 114 valence electrons. The first-order valence-corrected chi connectivity index (χ1v) is 7.07. The predicted octanol–water partition coefficient (Wildman–Crippen LogP) is 2.51. The smallest absolute Gasteiger partial charge is 0.313 e. The molecule has 0 unspecified atom stereocenters. The second-order valence-corrected chi connectivity index (χ2v) is 5.18. The zero-order valence-electron chi connectivity index (χ0n) is 12.9. The van der Waals surface area contributed by atoms with Crippen LogP contribution in [0.25, 0.3) is 0 Å². The minimum absolute atomic E-state index is 0.243. The lowest BCUT2D eigenvalue weighted by molar-refractivity contribution is -0.136. The molecule has 22 heavy (non-hydrogen) atoms. The van der Waals surface area contributed by atoms with Crippen molar-refractivity contribution >= 4 is 17.5 Å². The Morgan fingerprint density at radius 1 is 1.09 bits per heavy atom. The SMILES string of the molecule is Cc1cccc([C@@H](C)NC(=O)C(=O)Nc2cccnc2)c1C. The Balaban J connectivity index is 2.02. The van der Waals surface area contributed by atoms with Gasteiger partial charge in [-0.3, -0.25) is 14.6 Å². The average molecular weight is 297 g/mol. The summed E-state index contributed by atoms with van der Waals surface area (Å²) >= 11 is 0. The highest BCUT2D eigenvalue weighted by atomic mass is 16.2. The van der Waals surface area contributed by atoms with E-state index in [4.69, 9.17) is 0 Å². The number of carbonyl (C=O) groups is 2. The van der Waals surface area contributed by atoms with Gasteiger partial charge in [-0.2, -0.15) is 0 Å². The van der Waals surface area contributed by atoms with Crippen molar-refractivity contribution in [2.75, 3.05) is 5.32 Å². The lowest BCUT2D eigenvalue weighted by Crippen LogP contribution is -2.37. The van der Waals surface area contributed by atoms with Gasteiger partial charge in [0.2, 0.25) is 0 Å². The number of pyridine rings is 1. The van der Waals surface area contributed by atoms with Crippen molar-refractivity contribution in [3.8, 4) is 0 Å². The number of aryl methyl sites for hydroxylation is 1. The van der Waals surface area contributed by atoms with Crippen molar-refractivity contribution in [3.05, 3.63) is 59.4 Å². The van der Waals surface area contributed by atoms with Crippen molar-refractivity contribution in [2.24, 2.45) is 0 Å². The van der Waals surface area contributed by atoms with Gasteiger partial charge in [0, 0.05) is 6.20 Å². The third-order valence-electron chi connectivity index (χ3n) is 3.59. The molecule has 2 N–H and O–H groups in total. The van der Waals surface area contributed by atoms with Gasteiger partial charge >= 0.3 is 11.8 Å². The fourth-order valence-corrected chi connectivity index (χ4v) is 2.21. The van der Waals surface area contributed by atoms with E-state index in [2.05, 4.69) is 15.6 Å². The number of nitrogens with one attached hydrogen (secondary N) is 2. The van der Waals surface area contributed by atoms with Gasteiger partial charge in [-0.05, 0) is 49.6 Å². The maximum absolute atomic E-state index is 12.0. The maximum atomic E-state index is 12.0. The summed E-state index contributed by atoms with van der Waals surface area (Å²) in [5.41, 5.74) is 3.76. The van der Waals surface area contributed by atoms with Gasteiger partial charge in [0.25, 0.3) is 0 Å². The number of amides is 2. The number of anilines is 1. The first kappa shape index (κ1) is 15.7. The summed E-state index contributed by atoms with van der Waals surface area (Å²) in [5.74, 6) is -1.37. The number of aromatic nitrogens is 1. The molecule has 2 aromatic rings. The Morgan fingerprint density at radius 2 is 1.86 bits per heavy atom. The Kier molecular flexibility index (Phi) is 4.88. The average Bonchev–Trinajstić information content (AvgIpc) is 2.50. The molecule has 0 saturated heterocycles. The van der Waals surface area contributed by atoms with Gasteiger partial charge in [-0.1, -0.05) is 18.2 Å². The van der Waals surface area contributed by atoms with E-state index in [1.54, 1.807) is 18.3 Å². The van der Waals surface area contributed by atoms with Crippen molar-refractivity contribution in [3.63, 3.8) is 0 Å². The topological polar surface area (TPSA) is 71.1 Å². The number of hydrogen-bond donors (Lipinski definition) is 2. The standard InChI is InChI=1S/C17H19N3O2/c1-11-6-4-8-15(12(11)2)13(3)19-16(21)17(22)20-14-7-5-9-18-10-14/h4-10,13H,1-3H3,(H,19,21)(H,20,22)/t13-/m1/s1. The molecule has 2 amide bonds. The Hall–Kier alpha value is -2.69. The van der Waals surface area contributed by atoms with Gasteiger partial charge in [-0.25, -0.2) is 0 Å². The van der Waals surface area contributed by atoms with Crippen molar-refractivity contribution in [1.82, 2.24) is 10.3 Å². The quantitative estimate of drug-likeness (QED) is 0.855. The molecule has 0 aliphatic heterocycles. The van der Waals surface area contributed by atoms with Crippen molar-refractivity contribution in [1.29, 1.82) is 0 Å². The fraction of sp³-hybridized carbons (Fsp3) is 0.235. The summed E-state index contributed by atoms with van der Waals surface area (Å²) in [7, 11) is 0. The Bertz CT molecular complexity index is 684. The van der Waals surface area contributed by atoms with E-state index in [0.29, 0.717) is 5.69 Å². The summed E-state index contributed by atoms with van der Waals surface area (Å²) in [6.07, 6.45) is 3.08. The molecule has 5 heteroatoms. The molecule has 1 aromatic carbocycles. The largest absolute Gasteiger partial charge is 0.341 e. The zero-order valence-corrected chi connectivity index (χ0v) is 12.9. The van der Waals surface area contributed by atoms with Crippen LogP contribution < -0.4 is 10.6 Å². The van der Waals surface area contributed by atoms with Crippen LogP contribution in [0.15, 0.2) is 42.7 Å². The fourth-order valence-electron chi connectivity index (χ4n) is 2.21. The van der Waals surface area contributed by atoms with Crippen LogP contribution in [0.1, 0.15) is 29.7 Å². The predicted molar refractivity (Wildman–Crippen MR) is 85.3 cm³/mol. The van der Waals surface area contributed by atoms with E-state index in [-0.39, 0.29) is 6.04 Å². The first-order chi connectivity index (χ1) is 10.5. The highest BCUT2D eigenvalue weighted by molar-refractivity contribution is 6.39. The molecule has 1 heterocycles. The monoisotopic (exact) mass is 297 g/mol. The molecule has 1 aromatic heterocycles. The third kappa shape index (κ3) is 3.69. The minimum Gasteiger partial charge on any atom is -0.341 e. The molecular formula is C17H19N3O2. The second kappa shape index (κ2) is 6.85. The van der Waals surface area contributed by atoms with E-state index in [1.165, 1.54) is 6.20 Å². The summed E-state index contributed by atoms with van der Waals surface area (Å²) in [5, 5.41) is 5.22. The third-order valence-corrected chi connectivity index (χ3v) is 3.59. The second-order valence-electron chi connectivity index (χ2n) is 5.18. The molecule has 0 aliphatic rings. The molecule has 1 atom stereocenters. The van der Waals surface area contributed by atoms with Gasteiger partial charge in [0.1, 0.15) is 0 Å². The Labute approximate surface area is 129 Å². The number of rotatable bonds is 3. The number of carbonyl (C=O) groups excluding carboxylic acids is 2. The summed E-state index contributed by atoms with van der Waals surface area (Å²) in [6, 6.07) is 9.02. The Morgan fingerprint density at radius 3 is 2.55 bits per heavy atom. The van der Waals surface area contributed by atoms with Crippen LogP contribution in [0.3, 0.4) is 0 Å². The van der Waals surface area contributed by atoms with E-state index in [9.17, 15) is 9.59 Å². The lowest BCUT2D eigenvalue weighted by atomic mass is 9.98. The zero-order chi connectivity index (χ0) is 16.1. The van der Waals surface area contributed by atoms with E-state index in [1.807, 2.05) is 39.0 Å². The van der Waals surface area contributed by atoms with Crippen LogP contribution >= 0.6 is 0 Å². The van der Waals surface area contributed by atoms with Crippen LogP contribution in [0.2, 0.25) is 0 Å². The summed E-state index contributed by atoms with van der Waals surface area (Å²) in [6.45, 7) is 5.88. The highest BCUT2D eigenvalue weighted by Gasteiger charge is 2.18. The van der Waals surface area contributed by atoms with E-state index < -0.39 is 11.8 Å². The molecular weight excluding hydrogens is 278 g/mol. The normalized spacial score (nSPS) is 11.6. The lowest BCUT2D eigenvalue weighted by Gasteiger charge is -2.17. The highest BCUT2D eigenvalue weighted by Crippen LogP contribution is 2.19. The van der Waals surface area contributed by atoms with Crippen molar-refractivity contribution in [2.45, 2.75) is 26.8 Å². The van der Waals surface area contributed by atoms with Crippen LogP contribution in [-0.2, 0) is 9.59 Å². The van der Waals surface area contributed by atoms with Crippen LogP contribution in [0.5, 0.6) is 0 Å². The van der Waals surface area contributed by atoms with Gasteiger partial charge in [0.15, 0.2) is 0 Å². The molecule has 0 aliphatic carbocycles. The summed E-state index contributed by atoms with van der Waals surface area (Å²) < 4.78 is 0. The maximum Gasteiger partial charge on any atom is 0.313 e. The number of hydrogen-bond acceptors (Lipinski definition) is 3. The summed E-state index contributed by atoms with van der Waals surface area (Å²) in [4.78, 5) is 27.7. The molecule has 2 rings (SSSR count). The molecule has 0 bridgehead atoms. The molecule has 0 spiro atoms. The van der Waals surface area contributed by atoms with Crippen LogP contribution in [0, 0.1) is 13.8 Å². The van der Waals surface area contributed by atoms with Gasteiger partial charge < -0.3 is 10.6 Å². The van der Waals surface area contributed by atoms with Gasteiger partial charge in [0.05, 0.1) is 17.9 Å². The van der Waals surface area contributed by atoms with Gasteiger partial charge in [-0.15, -0.1) is 0 Å². The molecule has 0 saturated carbocycles. The molecule has 0 fully saturated rings. The van der Waals surface area contributed by atoms with Crippen molar-refractivity contribution < 1.29 is 9.59 Å². The molecule has 0 radical (unpaired) electrons. The van der Waals surface area contributed by atoms with E-state index in [0.717, 1.165) is 16.7 Å². The van der Waals surface area contributed by atoms with Crippen LogP contribution in [0.4, 0.5) is 5.69 Å². The number of nitrogens with zero attached hydrogens (tertiary/aromatic N) is 1. The number of benzene rings is 1. The van der Waals surface area contributed by atoms with Crippen LogP contribution in [-0.4, -0.2) is 16.8 Å². The molecule has 5 nitrogen and oxygen atoms in total. The van der Waals surface area contributed by atoms with E-state index >= 15 is 0 Å².